The van der Waals surface area contributed by atoms with E-state index in [2.05, 4.69) is 36.1 Å². The molecule has 1 N–H and O–H groups in total. The molecule has 2 aromatic carbocycles. The van der Waals surface area contributed by atoms with Crippen LogP contribution in [0.25, 0.3) is 11.1 Å². The van der Waals surface area contributed by atoms with Crippen molar-refractivity contribution >= 4 is 0 Å². The van der Waals surface area contributed by atoms with Crippen LogP contribution in [0.1, 0.15) is 31.7 Å². The van der Waals surface area contributed by atoms with Gasteiger partial charge in [-0.25, -0.2) is 0 Å². The van der Waals surface area contributed by atoms with Gasteiger partial charge in [-0.05, 0) is 48.5 Å². The summed E-state index contributed by atoms with van der Waals surface area (Å²) in [6.07, 6.45) is 2.73. The number of hydrogen-bond acceptors (Lipinski definition) is 3. The Labute approximate surface area is 144 Å². The molecule has 1 aliphatic heterocycles. The molecule has 1 heterocycles. The lowest BCUT2D eigenvalue weighted by Gasteiger charge is -2.38. The number of hydrogen-bond donors (Lipinski definition) is 1. The summed E-state index contributed by atoms with van der Waals surface area (Å²) in [5.74, 6) is 0.363. The smallest absolute Gasteiger partial charge is 0.120 e. The Morgan fingerprint density at radius 3 is 2.42 bits per heavy atom. The molecule has 2 aromatic rings. The molecule has 0 bridgehead atoms. The second-order valence-electron chi connectivity index (χ2n) is 7.13. The van der Waals surface area contributed by atoms with Crippen LogP contribution in [-0.2, 0) is 6.54 Å². The number of likely N-dealkylation sites (tertiary alicyclic amines) is 1. The first kappa shape index (κ1) is 16.5. The number of aromatic hydroxyl groups is 1. The number of nitrogens with zero attached hydrogens (tertiary/aromatic N) is 2. The molecule has 0 spiro atoms. The fourth-order valence-corrected chi connectivity index (χ4v) is 3.37. The second kappa shape index (κ2) is 7.07. The van der Waals surface area contributed by atoms with E-state index < -0.39 is 0 Å². The van der Waals surface area contributed by atoms with Crippen LogP contribution in [0.5, 0.6) is 5.75 Å². The van der Waals surface area contributed by atoms with E-state index in [4.69, 9.17) is 5.26 Å². The Morgan fingerprint density at radius 1 is 1.08 bits per heavy atom. The molecule has 3 nitrogen and oxygen atoms in total. The summed E-state index contributed by atoms with van der Waals surface area (Å²) in [6.45, 7) is 4.94. The van der Waals surface area contributed by atoms with E-state index >= 15 is 0 Å². The zero-order valence-electron chi connectivity index (χ0n) is 14.2. The monoisotopic (exact) mass is 320 g/mol. The SMILES string of the molecule is CC1(CC#N)CCN(Cc2ccc(-c3ccccc3)cc2O)CC1. The largest absolute Gasteiger partial charge is 0.508 e. The highest BCUT2D eigenvalue weighted by Gasteiger charge is 2.29. The third kappa shape index (κ3) is 3.77. The van der Waals surface area contributed by atoms with Gasteiger partial charge in [0.2, 0.25) is 0 Å². The van der Waals surface area contributed by atoms with Gasteiger partial charge in [0.05, 0.1) is 6.07 Å². The van der Waals surface area contributed by atoms with E-state index in [-0.39, 0.29) is 5.41 Å². The molecule has 0 unspecified atom stereocenters. The summed E-state index contributed by atoms with van der Waals surface area (Å²) in [5, 5.41) is 19.3. The van der Waals surface area contributed by atoms with Crippen LogP contribution in [0.2, 0.25) is 0 Å². The second-order valence-corrected chi connectivity index (χ2v) is 7.13. The molecule has 124 valence electrons. The number of phenolic OH excluding ortho intramolecular Hbond substituents is 1. The van der Waals surface area contributed by atoms with E-state index in [1.165, 1.54) is 0 Å². The number of nitriles is 1. The zero-order valence-corrected chi connectivity index (χ0v) is 14.2. The molecule has 0 saturated carbocycles. The van der Waals surface area contributed by atoms with Gasteiger partial charge in [0, 0.05) is 18.5 Å². The molecular formula is C21H24N2O. The van der Waals surface area contributed by atoms with Gasteiger partial charge in [0.1, 0.15) is 5.75 Å². The summed E-state index contributed by atoms with van der Waals surface area (Å²) in [5.41, 5.74) is 3.28. The van der Waals surface area contributed by atoms with Crippen molar-refractivity contribution in [3.63, 3.8) is 0 Å². The molecule has 0 aliphatic carbocycles. The maximum absolute atomic E-state index is 10.4. The highest BCUT2D eigenvalue weighted by molar-refractivity contribution is 5.65. The Balaban J connectivity index is 1.66. The lowest BCUT2D eigenvalue weighted by atomic mass is 9.78. The van der Waals surface area contributed by atoms with Gasteiger partial charge < -0.3 is 5.11 Å². The van der Waals surface area contributed by atoms with Crippen LogP contribution < -0.4 is 0 Å². The van der Waals surface area contributed by atoms with Gasteiger partial charge in [-0.2, -0.15) is 5.26 Å². The normalized spacial score (nSPS) is 17.3. The van der Waals surface area contributed by atoms with E-state index in [0.29, 0.717) is 12.2 Å². The van der Waals surface area contributed by atoms with E-state index in [1.807, 2.05) is 30.3 Å². The summed E-state index contributed by atoms with van der Waals surface area (Å²) in [6, 6.07) is 18.4. The molecule has 1 fully saturated rings. The van der Waals surface area contributed by atoms with E-state index in [0.717, 1.165) is 49.2 Å². The molecule has 0 amide bonds. The van der Waals surface area contributed by atoms with Crippen LogP contribution in [-0.4, -0.2) is 23.1 Å². The fraction of sp³-hybridized carbons (Fsp3) is 0.381. The molecule has 24 heavy (non-hydrogen) atoms. The first-order valence-corrected chi connectivity index (χ1v) is 8.56. The Kier molecular flexibility index (Phi) is 4.87. The third-order valence-electron chi connectivity index (χ3n) is 5.16. The molecule has 0 aromatic heterocycles. The van der Waals surface area contributed by atoms with Crippen LogP contribution in [0, 0.1) is 16.7 Å². The third-order valence-corrected chi connectivity index (χ3v) is 5.16. The Hall–Kier alpha value is -2.31. The highest BCUT2D eigenvalue weighted by atomic mass is 16.3. The lowest BCUT2D eigenvalue weighted by Crippen LogP contribution is -2.38. The van der Waals surface area contributed by atoms with Gasteiger partial charge in [0.25, 0.3) is 0 Å². The van der Waals surface area contributed by atoms with Crippen molar-refractivity contribution in [1.29, 1.82) is 5.26 Å². The lowest BCUT2D eigenvalue weighted by molar-refractivity contribution is 0.115. The van der Waals surface area contributed by atoms with Crippen molar-refractivity contribution in [3.8, 4) is 22.9 Å². The Morgan fingerprint density at radius 2 is 1.79 bits per heavy atom. The van der Waals surface area contributed by atoms with Gasteiger partial charge in [-0.1, -0.05) is 49.4 Å². The topological polar surface area (TPSA) is 47.3 Å². The molecule has 3 heteroatoms. The molecule has 1 saturated heterocycles. The first-order valence-electron chi connectivity index (χ1n) is 8.56. The maximum atomic E-state index is 10.4. The minimum Gasteiger partial charge on any atom is -0.508 e. The van der Waals surface area contributed by atoms with Gasteiger partial charge in [-0.3, -0.25) is 4.90 Å². The van der Waals surface area contributed by atoms with Gasteiger partial charge in [-0.15, -0.1) is 0 Å². The number of rotatable bonds is 4. The van der Waals surface area contributed by atoms with Gasteiger partial charge >= 0.3 is 0 Å². The first-order chi connectivity index (χ1) is 11.6. The van der Waals surface area contributed by atoms with Crippen molar-refractivity contribution in [2.45, 2.75) is 32.7 Å². The summed E-state index contributed by atoms with van der Waals surface area (Å²) in [4.78, 5) is 2.37. The zero-order chi connectivity index (χ0) is 17.0. The van der Waals surface area contributed by atoms with Crippen LogP contribution >= 0.6 is 0 Å². The quantitative estimate of drug-likeness (QED) is 0.897. The average molecular weight is 320 g/mol. The van der Waals surface area contributed by atoms with Crippen LogP contribution in [0.3, 0.4) is 0 Å². The molecule has 0 atom stereocenters. The standard InChI is InChI=1S/C21H24N2O/c1-21(9-12-22)10-13-23(14-11-21)16-19-8-7-18(15-20(19)24)17-5-3-2-4-6-17/h2-8,15,24H,9-11,13-14,16H2,1H3. The van der Waals surface area contributed by atoms with Crippen molar-refractivity contribution in [3.05, 3.63) is 54.1 Å². The van der Waals surface area contributed by atoms with E-state index in [1.54, 1.807) is 0 Å². The highest BCUT2D eigenvalue weighted by Crippen LogP contribution is 2.35. The molecule has 3 rings (SSSR count). The summed E-state index contributed by atoms with van der Waals surface area (Å²) < 4.78 is 0. The number of benzene rings is 2. The minimum atomic E-state index is 0.157. The average Bonchev–Trinajstić information content (AvgIpc) is 2.60. The molecular weight excluding hydrogens is 296 g/mol. The number of phenols is 1. The van der Waals surface area contributed by atoms with Crippen molar-refractivity contribution in [1.82, 2.24) is 4.90 Å². The van der Waals surface area contributed by atoms with Gasteiger partial charge in [0.15, 0.2) is 0 Å². The molecule has 1 aliphatic rings. The maximum Gasteiger partial charge on any atom is 0.120 e. The summed E-state index contributed by atoms with van der Waals surface area (Å²) in [7, 11) is 0. The fourth-order valence-electron chi connectivity index (χ4n) is 3.37. The predicted molar refractivity (Wildman–Crippen MR) is 96.4 cm³/mol. The van der Waals surface area contributed by atoms with Crippen molar-refractivity contribution in [2.75, 3.05) is 13.1 Å². The van der Waals surface area contributed by atoms with Crippen molar-refractivity contribution in [2.24, 2.45) is 5.41 Å². The minimum absolute atomic E-state index is 0.157. The van der Waals surface area contributed by atoms with E-state index in [9.17, 15) is 5.11 Å². The van der Waals surface area contributed by atoms with Crippen LogP contribution in [0.15, 0.2) is 48.5 Å². The molecule has 0 radical (unpaired) electrons. The van der Waals surface area contributed by atoms with Crippen LogP contribution in [0.4, 0.5) is 0 Å². The predicted octanol–water partition coefficient (Wildman–Crippen LogP) is 4.57. The Bertz CT molecular complexity index is 725. The number of piperidine rings is 1. The summed E-state index contributed by atoms with van der Waals surface area (Å²) >= 11 is 0. The van der Waals surface area contributed by atoms with Crippen molar-refractivity contribution < 1.29 is 5.11 Å².